The third kappa shape index (κ3) is 2.34. The van der Waals surface area contributed by atoms with E-state index >= 15 is 0 Å². The fourth-order valence-electron chi connectivity index (χ4n) is 4.27. The Morgan fingerprint density at radius 2 is 1.88 bits per heavy atom. The first-order valence-corrected chi connectivity index (χ1v) is 8.26. The number of nitrogens with one attached hydrogen (secondary N) is 1. The zero-order valence-corrected chi connectivity index (χ0v) is 13.8. The fourth-order valence-corrected chi connectivity index (χ4v) is 4.27. The highest BCUT2D eigenvalue weighted by atomic mass is 19.1. The molecule has 2 aliphatic carbocycles. The first-order chi connectivity index (χ1) is 12.0. The molecule has 0 heterocycles. The molecule has 5 heteroatoms. The average Bonchev–Trinajstić information content (AvgIpc) is 2.62. The van der Waals surface area contributed by atoms with Gasteiger partial charge in [0.2, 0.25) is 5.41 Å². The maximum absolute atomic E-state index is 14.5. The summed E-state index contributed by atoms with van der Waals surface area (Å²) in [6.07, 6.45) is 3.24. The van der Waals surface area contributed by atoms with Gasteiger partial charge in [0.15, 0.2) is 0 Å². The van der Waals surface area contributed by atoms with Crippen molar-refractivity contribution in [3.05, 3.63) is 47.3 Å². The Bertz CT molecular complexity index is 866. The Morgan fingerprint density at radius 1 is 1.20 bits per heavy atom. The summed E-state index contributed by atoms with van der Waals surface area (Å²) in [6.45, 7) is 2.06. The number of allylic oxidation sites excluding steroid dienone is 2. The van der Waals surface area contributed by atoms with Crippen LogP contribution in [0.25, 0.3) is 0 Å². The molecule has 0 saturated heterocycles. The van der Waals surface area contributed by atoms with Crippen LogP contribution in [-0.2, 0) is 0 Å². The van der Waals surface area contributed by atoms with E-state index in [1.807, 2.05) is 18.2 Å². The second-order valence-corrected chi connectivity index (χ2v) is 6.88. The predicted molar refractivity (Wildman–Crippen MR) is 89.6 cm³/mol. The van der Waals surface area contributed by atoms with Crippen molar-refractivity contribution in [2.75, 3.05) is 0 Å². The van der Waals surface area contributed by atoms with E-state index < -0.39 is 23.1 Å². The second kappa shape index (κ2) is 6.15. The number of halogens is 1. The molecule has 0 spiro atoms. The van der Waals surface area contributed by atoms with Crippen molar-refractivity contribution >= 4 is 5.71 Å². The van der Waals surface area contributed by atoms with Gasteiger partial charge in [-0.05, 0) is 41.9 Å². The summed E-state index contributed by atoms with van der Waals surface area (Å²) >= 11 is 0. The van der Waals surface area contributed by atoms with Crippen LogP contribution in [0, 0.1) is 68.4 Å². The molecule has 0 bridgehead atoms. The molecule has 0 radical (unpaired) electrons. The number of hydrogen-bond acceptors (Lipinski definition) is 4. The minimum atomic E-state index is -1.72. The summed E-state index contributed by atoms with van der Waals surface area (Å²) in [5.41, 5.74) is -0.994. The Morgan fingerprint density at radius 3 is 2.48 bits per heavy atom. The van der Waals surface area contributed by atoms with Gasteiger partial charge in [0.25, 0.3) is 0 Å². The van der Waals surface area contributed by atoms with Gasteiger partial charge in [-0.2, -0.15) is 15.8 Å². The first-order valence-electron chi connectivity index (χ1n) is 8.26. The molecule has 0 unspecified atom stereocenters. The molecule has 0 amide bonds. The van der Waals surface area contributed by atoms with Gasteiger partial charge in [-0.15, -0.1) is 0 Å². The van der Waals surface area contributed by atoms with Crippen LogP contribution in [-0.4, -0.2) is 5.71 Å². The van der Waals surface area contributed by atoms with E-state index in [1.165, 1.54) is 6.07 Å². The van der Waals surface area contributed by atoms with E-state index in [0.29, 0.717) is 29.9 Å². The van der Waals surface area contributed by atoms with Gasteiger partial charge >= 0.3 is 0 Å². The van der Waals surface area contributed by atoms with Crippen molar-refractivity contribution < 1.29 is 4.39 Å². The lowest BCUT2D eigenvalue weighted by atomic mass is 9.53. The van der Waals surface area contributed by atoms with Crippen LogP contribution >= 0.6 is 0 Å². The van der Waals surface area contributed by atoms with E-state index in [9.17, 15) is 20.2 Å². The third-order valence-corrected chi connectivity index (χ3v) is 5.48. The monoisotopic (exact) mass is 332 g/mol. The highest BCUT2D eigenvalue weighted by Crippen LogP contribution is 2.55. The first kappa shape index (κ1) is 16.9. The molecule has 4 nitrogen and oxygen atoms in total. The molecule has 1 aromatic rings. The van der Waals surface area contributed by atoms with Gasteiger partial charge < -0.3 is 5.41 Å². The standard InChI is InChI=1S/C20H17FN4/c1-12-6-7-16-14(8-12)18(13-4-2-3-5-17(13)21)15(9-22)19(25)20(16,10-23)11-24/h2-5,7,12,14-15,18,25H,6,8H2,1H3/t12-,14+,15-,18-/m0/s1. The smallest absolute Gasteiger partial charge is 0.203 e. The number of fused-ring (bicyclic) bond motifs is 1. The average molecular weight is 332 g/mol. The maximum atomic E-state index is 14.5. The predicted octanol–water partition coefficient (Wildman–Crippen LogP) is 4.09. The van der Waals surface area contributed by atoms with Gasteiger partial charge in [-0.25, -0.2) is 4.39 Å². The van der Waals surface area contributed by atoms with Gasteiger partial charge in [-0.1, -0.05) is 31.2 Å². The van der Waals surface area contributed by atoms with Crippen LogP contribution in [0.2, 0.25) is 0 Å². The van der Waals surface area contributed by atoms with Gasteiger partial charge in [0.05, 0.1) is 29.8 Å². The highest BCUT2D eigenvalue weighted by Gasteiger charge is 2.56. The van der Waals surface area contributed by atoms with Crippen LogP contribution < -0.4 is 0 Å². The van der Waals surface area contributed by atoms with Crippen molar-refractivity contribution in [3.63, 3.8) is 0 Å². The van der Waals surface area contributed by atoms with Crippen molar-refractivity contribution in [3.8, 4) is 18.2 Å². The molecule has 0 aromatic heterocycles. The molecule has 25 heavy (non-hydrogen) atoms. The summed E-state index contributed by atoms with van der Waals surface area (Å²) < 4.78 is 14.5. The Kier molecular flexibility index (Phi) is 4.15. The summed E-state index contributed by atoms with van der Waals surface area (Å²) in [6, 6.07) is 12.3. The normalized spacial score (nSPS) is 30.2. The van der Waals surface area contributed by atoms with Gasteiger partial charge in [0.1, 0.15) is 5.82 Å². The quantitative estimate of drug-likeness (QED) is 0.785. The van der Waals surface area contributed by atoms with Crippen molar-refractivity contribution in [2.45, 2.75) is 25.7 Å². The molecule has 3 rings (SSSR count). The molecule has 4 atom stereocenters. The molecule has 2 aliphatic rings. The fraction of sp³-hybridized carbons (Fsp3) is 0.400. The number of nitrogens with zero attached hydrogens (tertiary/aromatic N) is 3. The molecular formula is C20H17FN4. The van der Waals surface area contributed by atoms with Crippen LogP contribution in [0.15, 0.2) is 35.9 Å². The molecular weight excluding hydrogens is 315 g/mol. The lowest BCUT2D eigenvalue weighted by Crippen LogP contribution is -2.48. The summed E-state index contributed by atoms with van der Waals surface area (Å²) in [4.78, 5) is 0. The zero-order chi connectivity index (χ0) is 18.2. The van der Waals surface area contributed by atoms with Gasteiger partial charge in [0, 0.05) is 5.92 Å². The Balaban J connectivity index is 2.26. The van der Waals surface area contributed by atoms with E-state index in [2.05, 4.69) is 13.0 Å². The number of nitriles is 3. The largest absolute Gasteiger partial charge is 0.305 e. The SMILES string of the molecule is C[C@H]1CC=C2[C@@H](C1)[C@H](c1ccccc1F)[C@H](C#N)C(=N)C2(C#N)C#N. The van der Waals surface area contributed by atoms with Crippen molar-refractivity contribution in [2.24, 2.45) is 23.2 Å². The van der Waals surface area contributed by atoms with Gasteiger partial charge in [-0.3, -0.25) is 0 Å². The molecule has 1 saturated carbocycles. The topological polar surface area (TPSA) is 95.2 Å². The molecule has 1 aromatic carbocycles. The zero-order valence-electron chi connectivity index (χ0n) is 13.8. The van der Waals surface area contributed by atoms with E-state index in [4.69, 9.17) is 5.41 Å². The van der Waals surface area contributed by atoms with E-state index in [0.717, 1.165) is 0 Å². The minimum Gasteiger partial charge on any atom is -0.305 e. The second-order valence-electron chi connectivity index (χ2n) is 6.88. The number of rotatable bonds is 1. The highest BCUT2D eigenvalue weighted by molar-refractivity contribution is 6.01. The van der Waals surface area contributed by atoms with Crippen molar-refractivity contribution in [1.82, 2.24) is 0 Å². The van der Waals surface area contributed by atoms with E-state index in [1.54, 1.807) is 18.2 Å². The minimum absolute atomic E-state index is 0.231. The maximum Gasteiger partial charge on any atom is 0.203 e. The van der Waals surface area contributed by atoms with Crippen LogP contribution in [0.5, 0.6) is 0 Å². The lowest BCUT2D eigenvalue weighted by molar-refractivity contribution is 0.294. The molecule has 1 fully saturated rings. The third-order valence-electron chi connectivity index (χ3n) is 5.48. The Labute approximate surface area is 146 Å². The molecule has 124 valence electrons. The molecule has 0 aliphatic heterocycles. The Hall–Kier alpha value is -2.97. The van der Waals surface area contributed by atoms with E-state index in [-0.39, 0.29) is 11.6 Å². The van der Waals surface area contributed by atoms with Crippen LogP contribution in [0.1, 0.15) is 31.2 Å². The van der Waals surface area contributed by atoms with Crippen LogP contribution in [0.3, 0.4) is 0 Å². The number of benzene rings is 1. The lowest BCUT2D eigenvalue weighted by Gasteiger charge is -2.46. The molecule has 1 N–H and O–H groups in total. The number of hydrogen-bond donors (Lipinski definition) is 1. The summed E-state index contributed by atoms with van der Waals surface area (Å²) in [5.74, 6) is -1.95. The van der Waals surface area contributed by atoms with Crippen molar-refractivity contribution in [1.29, 1.82) is 21.2 Å². The summed E-state index contributed by atoms with van der Waals surface area (Å²) in [5, 5.41) is 37.6. The summed E-state index contributed by atoms with van der Waals surface area (Å²) in [7, 11) is 0. The van der Waals surface area contributed by atoms with Crippen LogP contribution in [0.4, 0.5) is 4.39 Å².